The lowest BCUT2D eigenvalue weighted by Crippen LogP contribution is -2.41. The van der Waals surface area contributed by atoms with Gasteiger partial charge in [0.05, 0.1) is 29.7 Å². The van der Waals surface area contributed by atoms with Crippen molar-refractivity contribution >= 4 is 11.9 Å². The fourth-order valence-electron chi connectivity index (χ4n) is 2.53. The molecule has 1 aromatic carbocycles. The maximum Gasteiger partial charge on any atom is 0.326 e. The van der Waals surface area contributed by atoms with Gasteiger partial charge in [-0.15, -0.1) is 0 Å². The molecule has 0 aliphatic carbocycles. The zero-order valence-electron chi connectivity index (χ0n) is 14.4. The first-order valence-corrected chi connectivity index (χ1v) is 8.23. The summed E-state index contributed by atoms with van der Waals surface area (Å²) in [6.07, 6.45) is 3.42. The zero-order valence-corrected chi connectivity index (χ0v) is 14.4. The van der Waals surface area contributed by atoms with Gasteiger partial charge in [-0.1, -0.05) is 38.0 Å². The molecule has 1 heterocycles. The van der Waals surface area contributed by atoms with Crippen LogP contribution in [0.3, 0.4) is 0 Å². The van der Waals surface area contributed by atoms with Gasteiger partial charge in [0, 0.05) is 7.11 Å². The average Bonchev–Trinajstić information content (AvgIpc) is 3.03. The fraction of sp³-hybridized carbons (Fsp3) is 0.389. The smallest absolute Gasteiger partial charge is 0.326 e. The van der Waals surface area contributed by atoms with E-state index >= 15 is 0 Å². The van der Waals surface area contributed by atoms with E-state index in [1.807, 2.05) is 37.3 Å². The molecule has 2 aromatic rings. The van der Waals surface area contributed by atoms with Crippen LogP contribution in [0.4, 0.5) is 0 Å². The van der Waals surface area contributed by atoms with Gasteiger partial charge in [0.15, 0.2) is 0 Å². The van der Waals surface area contributed by atoms with Gasteiger partial charge in [-0.3, -0.25) is 4.79 Å². The van der Waals surface area contributed by atoms with E-state index in [2.05, 4.69) is 10.4 Å². The summed E-state index contributed by atoms with van der Waals surface area (Å²) in [6.45, 7) is 2.16. The molecule has 1 amide bonds. The Balaban J connectivity index is 2.27. The van der Waals surface area contributed by atoms with E-state index in [0.717, 1.165) is 18.5 Å². The van der Waals surface area contributed by atoms with Crippen molar-refractivity contribution in [1.82, 2.24) is 15.1 Å². The minimum absolute atomic E-state index is 0.185. The summed E-state index contributed by atoms with van der Waals surface area (Å²) in [7, 11) is 1.53. The Morgan fingerprint density at radius 1 is 1.32 bits per heavy atom. The standard InChI is InChI=1S/C18H23N3O4/c1-3-4-10-15(18(23)24)20-17(22)14-11-19-21(16(14)12-25-2)13-8-6-5-7-9-13/h5-9,11,15H,3-4,10,12H2,1-2H3,(H,20,22)(H,23,24). The minimum atomic E-state index is -1.04. The number of hydrogen-bond donors (Lipinski definition) is 2. The van der Waals surface area contributed by atoms with Crippen LogP contribution in [-0.4, -0.2) is 39.9 Å². The number of nitrogens with one attached hydrogen (secondary N) is 1. The van der Waals surface area contributed by atoms with Crippen LogP contribution in [0.15, 0.2) is 36.5 Å². The van der Waals surface area contributed by atoms with Crippen LogP contribution in [-0.2, 0) is 16.1 Å². The number of carbonyl (C=O) groups excluding carboxylic acids is 1. The second kappa shape index (κ2) is 8.98. The number of ether oxygens (including phenoxy) is 1. The molecule has 0 fully saturated rings. The maximum atomic E-state index is 12.6. The van der Waals surface area contributed by atoms with E-state index in [0.29, 0.717) is 17.7 Å². The summed E-state index contributed by atoms with van der Waals surface area (Å²) >= 11 is 0. The number of rotatable bonds is 9. The number of hydrogen-bond acceptors (Lipinski definition) is 4. The monoisotopic (exact) mass is 345 g/mol. The van der Waals surface area contributed by atoms with Gasteiger partial charge >= 0.3 is 5.97 Å². The van der Waals surface area contributed by atoms with Crippen molar-refractivity contribution in [3.05, 3.63) is 47.8 Å². The third-order valence-electron chi connectivity index (χ3n) is 3.85. The second-order valence-corrected chi connectivity index (χ2v) is 5.69. The molecule has 0 bridgehead atoms. The highest BCUT2D eigenvalue weighted by Gasteiger charge is 2.24. The first kappa shape index (κ1) is 18.7. The van der Waals surface area contributed by atoms with Crippen LogP contribution in [0.5, 0.6) is 0 Å². The highest BCUT2D eigenvalue weighted by atomic mass is 16.5. The summed E-state index contributed by atoms with van der Waals surface area (Å²) in [4.78, 5) is 23.9. The number of nitrogens with zero attached hydrogens (tertiary/aromatic N) is 2. The number of aromatic nitrogens is 2. The number of benzene rings is 1. The number of carboxylic acid groups (broad SMARTS) is 1. The first-order valence-electron chi connectivity index (χ1n) is 8.23. The molecule has 1 unspecified atom stereocenters. The first-order chi connectivity index (χ1) is 12.1. The summed E-state index contributed by atoms with van der Waals surface area (Å²) in [5, 5.41) is 16.1. The largest absolute Gasteiger partial charge is 0.480 e. The van der Waals surface area contributed by atoms with Crippen LogP contribution in [0, 0.1) is 0 Å². The molecule has 0 aliphatic rings. The van der Waals surface area contributed by atoms with Gasteiger partial charge in [0.1, 0.15) is 6.04 Å². The molecule has 7 heteroatoms. The normalized spacial score (nSPS) is 11.9. The van der Waals surface area contributed by atoms with Gasteiger partial charge in [-0.25, -0.2) is 9.48 Å². The van der Waals surface area contributed by atoms with Crippen molar-refractivity contribution in [2.24, 2.45) is 0 Å². The number of carboxylic acids is 1. The zero-order chi connectivity index (χ0) is 18.2. The van der Waals surface area contributed by atoms with Gasteiger partial charge in [0.2, 0.25) is 0 Å². The number of aliphatic carboxylic acids is 1. The Bertz CT molecular complexity index is 712. The lowest BCUT2D eigenvalue weighted by Gasteiger charge is -2.14. The van der Waals surface area contributed by atoms with Gasteiger partial charge in [-0.05, 0) is 18.6 Å². The molecular weight excluding hydrogens is 322 g/mol. The second-order valence-electron chi connectivity index (χ2n) is 5.69. The van der Waals surface area contributed by atoms with Crippen molar-refractivity contribution in [1.29, 1.82) is 0 Å². The molecule has 1 atom stereocenters. The Hall–Kier alpha value is -2.67. The number of amides is 1. The third kappa shape index (κ3) is 4.67. The molecular formula is C18H23N3O4. The van der Waals surface area contributed by atoms with Crippen LogP contribution in [0.25, 0.3) is 5.69 Å². The molecule has 0 saturated heterocycles. The number of methoxy groups -OCH3 is 1. The third-order valence-corrected chi connectivity index (χ3v) is 3.85. The van der Waals surface area contributed by atoms with E-state index in [-0.39, 0.29) is 6.61 Å². The van der Waals surface area contributed by atoms with Crippen molar-refractivity contribution in [2.45, 2.75) is 38.8 Å². The lowest BCUT2D eigenvalue weighted by molar-refractivity contribution is -0.139. The predicted octanol–water partition coefficient (Wildman–Crippen LogP) is 2.39. The summed E-state index contributed by atoms with van der Waals surface area (Å²) in [5.41, 5.74) is 1.69. The molecule has 2 N–H and O–H groups in total. The Morgan fingerprint density at radius 2 is 2.04 bits per heavy atom. The number of carbonyl (C=O) groups is 2. The van der Waals surface area contributed by atoms with Crippen LogP contribution in [0.1, 0.15) is 42.2 Å². The van der Waals surface area contributed by atoms with E-state index in [1.165, 1.54) is 13.3 Å². The molecule has 134 valence electrons. The molecule has 0 saturated carbocycles. The van der Waals surface area contributed by atoms with Gasteiger partial charge in [0.25, 0.3) is 5.91 Å². The summed E-state index contributed by atoms with van der Waals surface area (Å²) < 4.78 is 6.82. The quantitative estimate of drug-likeness (QED) is 0.728. The highest BCUT2D eigenvalue weighted by Crippen LogP contribution is 2.16. The Kier molecular flexibility index (Phi) is 6.71. The van der Waals surface area contributed by atoms with Crippen molar-refractivity contribution in [3.8, 4) is 5.69 Å². The molecule has 1 aromatic heterocycles. The van der Waals surface area contributed by atoms with Crippen molar-refractivity contribution in [3.63, 3.8) is 0 Å². The SMILES string of the molecule is CCCCC(NC(=O)c1cnn(-c2ccccc2)c1COC)C(=O)O. The molecule has 7 nitrogen and oxygen atoms in total. The molecule has 25 heavy (non-hydrogen) atoms. The van der Waals surface area contributed by atoms with E-state index in [9.17, 15) is 14.7 Å². The van der Waals surface area contributed by atoms with E-state index in [4.69, 9.17) is 4.74 Å². The predicted molar refractivity (Wildman–Crippen MR) is 92.7 cm³/mol. The van der Waals surface area contributed by atoms with Gasteiger partial charge < -0.3 is 15.2 Å². The average molecular weight is 345 g/mol. The lowest BCUT2D eigenvalue weighted by atomic mass is 10.1. The molecule has 0 aliphatic heterocycles. The summed E-state index contributed by atoms with van der Waals surface area (Å²) in [5.74, 6) is -1.50. The van der Waals surface area contributed by atoms with E-state index in [1.54, 1.807) is 4.68 Å². The van der Waals surface area contributed by atoms with Crippen molar-refractivity contribution in [2.75, 3.05) is 7.11 Å². The maximum absolute atomic E-state index is 12.6. The highest BCUT2D eigenvalue weighted by molar-refractivity contribution is 5.97. The Morgan fingerprint density at radius 3 is 2.64 bits per heavy atom. The summed E-state index contributed by atoms with van der Waals surface area (Å²) in [6, 6.07) is 8.46. The molecule has 0 spiro atoms. The fourth-order valence-corrected chi connectivity index (χ4v) is 2.53. The number of para-hydroxylation sites is 1. The van der Waals surface area contributed by atoms with Gasteiger partial charge in [-0.2, -0.15) is 5.10 Å². The molecule has 2 rings (SSSR count). The minimum Gasteiger partial charge on any atom is -0.480 e. The van der Waals surface area contributed by atoms with Crippen molar-refractivity contribution < 1.29 is 19.4 Å². The van der Waals surface area contributed by atoms with Crippen LogP contribution < -0.4 is 5.32 Å². The Labute approximate surface area is 146 Å². The van der Waals surface area contributed by atoms with E-state index < -0.39 is 17.9 Å². The van der Waals surface area contributed by atoms with Crippen LogP contribution >= 0.6 is 0 Å². The number of unbranched alkanes of at least 4 members (excludes halogenated alkanes) is 1. The topological polar surface area (TPSA) is 93.5 Å². The molecule has 0 radical (unpaired) electrons. The van der Waals surface area contributed by atoms with Crippen LogP contribution in [0.2, 0.25) is 0 Å².